The number of carbonyl (C=O) groups excluding carboxylic acids is 1. The van der Waals surface area contributed by atoms with Gasteiger partial charge in [-0.25, -0.2) is 0 Å². The molecule has 0 aliphatic rings. The standard InChI is InChI=1S/C18H18BrNO3/c1-12(18(21)20-15-7-5-14(19)6-8-15)10-13-4-9-16(22-2)17(11-13)23-3/h4-11H,1-3H3,(H,20,21)/b12-10+. The first kappa shape index (κ1) is 17.1. The third-order valence-corrected chi connectivity index (χ3v) is 3.78. The van der Waals surface area contributed by atoms with Crippen LogP contribution in [0.5, 0.6) is 11.5 Å². The second kappa shape index (κ2) is 7.83. The zero-order valence-corrected chi connectivity index (χ0v) is 14.8. The van der Waals surface area contributed by atoms with Crippen molar-refractivity contribution in [2.45, 2.75) is 6.92 Å². The first-order valence-corrected chi connectivity index (χ1v) is 7.80. The maximum absolute atomic E-state index is 12.2. The fraction of sp³-hybridized carbons (Fsp3) is 0.167. The molecule has 2 rings (SSSR count). The predicted molar refractivity (Wildman–Crippen MR) is 96.0 cm³/mol. The zero-order valence-electron chi connectivity index (χ0n) is 13.2. The quantitative estimate of drug-likeness (QED) is 0.782. The summed E-state index contributed by atoms with van der Waals surface area (Å²) in [5.41, 5.74) is 2.21. The molecule has 120 valence electrons. The first-order valence-electron chi connectivity index (χ1n) is 7.00. The summed E-state index contributed by atoms with van der Waals surface area (Å²) in [7, 11) is 3.17. The average Bonchev–Trinajstić information content (AvgIpc) is 2.56. The number of hydrogen-bond donors (Lipinski definition) is 1. The lowest BCUT2D eigenvalue weighted by atomic mass is 10.1. The Labute approximate surface area is 144 Å². The van der Waals surface area contributed by atoms with Crippen LogP contribution in [0.3, 0.4) is 0 Å². The van der Waals surface area contributed by atoms with E-state index in [1.807, 2.05) is 42.5 Å². The van der Waals surface area contributed by atoms with Crippen LogP contribution < -0.4 is 14.8 Å². The summed E-state index contributed by atoms with van der Waals surface area (Å²) in [5.74, 6) is 1.13. The van der Waals surface area contributed by atoms with E-state index in [1.54, 1.807) is 27.2 Å². The average molecular weight is 376 g/mol. The molecule has 0 aromatic heterocycles. The second-order valence-corrected chi connectivity index (χ2v) is 5.82. The minimum atomic E-state index is -0.151. The molecule has 5 heteroatoms. The molecule has 0 saturated heterocycles. The van der Waals surface area contributed by atoms with Gasteiger partial charge in [0.2, 0.25) is 0 Å². The van der Waals surface area contributed by atoms with Gasteiger partial charge in [0.1, 0.15) is 0 Å². The Bertz CT molecular complexity index is 724. The minimum Gasteiger partial charge on any atom is -0.493 e. The Morgan fingerprint density at radius 3 is 2.30 bits per heavy atom. The van der Waals surface area contributed by atoms with E-state index in [4.69, 9.17) is 9.47 Å². The van der Waals surface area contributed by atoms with Crippen molar-refractivity contribution in [3.63, 3.8) is 0 Å². The number of carbonyl (C=O) groups is 1. The third kappa shape index (κ3) is 4.60. The molecule has 0 bridgehead atoms. The Morgan fingerprint density at radius 1 is 1.04 bits per heavy atom. The van der Waals surface area contributed by atoms with E-state index in [2.05, 4.69) is 21.2 Å². The summed E-state index contributed by atoms with van der Waals surface area (Å²) in [5, 5.41) is 2.86. The number of anilines is 1. The molecule has 2 aromatic rings. The van der Waals surface area contributed by atoms with Crippen LogP contribution in [0.4, 0.5) is 5.69 Å². The highest BCUT2D eigenvalue weighted by atomic mass is 79.9. The van der Waals surface area contributed by atoms with Crippen LogP contribution in [0.1, 0.15) is 12.5 Å². The van der Waals surface area contributed by atoms with E-state index in [1.165, 1.54) is 0 Å². The maximum atomic E-state index is 12.2. The normalized spacial score (nSPS) is 11.0. The van der Waals surface area contributed by atoms with Crippen LogP contribution in [-0.4, -0.2) is 20.1 Å². The van der Waals surface area contributed by atoms with Crippen LogP contribution in [0, 0.1) is 0 Å². The lowest BCUT2D eigenvalue weighted by molar-refractivity contribution is -0.112. The van der Waals surface area contributed by atoms with Gasteiger partial charge in [0.15, 0.2) is 11.5 Å². The van der Waals surface area contributed by atoms with E-state index < -0.39 is 0 Å². The highest BCUT2D eigenvalue weighted by Crippen LogP contribution is 2.28. The summed E-state index contributed by atoms with van der Waals surface area (Å²) >= 11 is 3.36. The highest BCUT2D eigenvalue weighted by molar-refractivity contribution is 9.10. The number of halogens is 1. The molecule has 0 fully saturated rings. The van der Waals surface area contributed by atoms with Crippen LogP contribution in [0.15, 0.2) is 52.5 Å². The Kier molecular flexibility index (Phi) is 5.82. The summed E-state index contributed by atoms with van der Waals surface area (Å²) < 4.78 is 11.4. The van der Waals surface area contributed by atoms with E-state index in [9.17, 15) is 4.79 Å². The molecule has 0 unspecified atom stereocenters. The molecular weight excluding hydrogens is 358 g/mol. The largest absolute Gasteiger partial charge is 0.493 e. The fourth-order valence-corrected chi connectivity index (χ4v) is 2.29. The van der Waals surface area contributed by atoms with Crippen molar-refractivity contribution in [2.75, 3.05) is 19.5 Å². The summed E-state index contributed by atoms with van der Waals surface area (Å²) in [4.78, 5) is 12.2. The third-order valence-electron chi connectivity index (χ3n) is 3.25. The molecule has 1 N–H and O–H groups in total. The number of methoxy groups -OCH3 is 2. The number of nitrogens with one attached hydrogen (secondary N) is 1. The maximum Gasteiger partial charge on any atom is 0.251 e. The number of amides is 1. The SMILES string of the molecule is COc1ccc(/C=C(\C)C(=O)Nc2ccc(Br)cc2)cc1OC. The van der Waals surface area contributed by atoms with Crippen LogP contribution in [-0.2, 0) is 4.79 Å². The smallest absolute Gasteiger partial charge is 0.251 e. The Hall–Kier alpha value is -2.27. The van der Waals surface area contributed by atoms with Crippen molar-refractivity contribution in [2.24, 2.45) is 0 Å². The molecule has 0 radical (unpaired) electrons. The molecule has 0 aliphatic carbocycles. The first-order chi connectivity index (χ1) is 11.0. The lowest BCUT2D eigenvalue weighted by Gasteiger charge is -2.09. The molecule has 0 heterocycles. The Balaban J connectivity index is 2.15. The second-order valence-electron chi connectivity index (χ2n) is 4.90. The summed E-state index contributed by atoms with van der Waals surface area (Å²) in [6, 6.07) is 12.9. The monoisotopic (exact) mass is 375 g/mol. The van der Waals surface area contributed by atoms with Gasteiger partial charge in [-0.2, -0.15) is 0 Å². The molecule has 23 heavy (non-hydrogen) atoms. The van der Waals surface area contributed by atoms with Crippen molar-refractivity contribution in [3.05, 3.63) is 58.1 Å². The van der Waals surface area contributed by atoms with Gasteiger partial charge in [0.05, 0.1) is 14.2 Å². The van der Waals surface area contributed by atoms with E-state index in [0.29, 0.717) is 17.1 Å². The zero-order chi connectivity index (χ0) is 16.8. The molecule has 0 saturated carbocycles. The van der Waals surface area contributed by atoms with Crippen LogP contribution >= 0.6 is 15.9 Å². The fourth-order valence-electron chi connectivity index (χ4n) is 2.02. The highest BCUT2D eigenvalue weighted by Gasteiger charge is 2.07. The molecular formula is C18H18BrNO3. The van der Waals surface area contributed by atoms with Gasteiger partial charge in [0, 0.05) is 15.7 Å². The predicted octanol–water partition coefficient (Wildman–Crippen LogP) is 4.51. The van der Waals surface area contributed by atoms with Crippen molar-refractivity contribution in [1.29, 1.82) is 0 Å². The van der Waals surface area contributed by atoms with E-state index in [-0.39, 0.29) is 5.91 Å². The van der Waals surface area contributed by atoms with Crippen molar-refractivity contribution in [1.82, 2.24) is 0 Å². The molecule has 4 nitrogen and oxygen atoms in total. The van der Waals surface area contributed by atoms with E-state index >= 15 is 0 Å². The number of benzene rings is 2. The lowest BCUT2D eigenvalue weighted by Crippen LogP contribution is -2.12. The molecule has 1 amide bonds. The summed E-state index contributed by atoms with van der Waals surface area (Å²) in [6.45, 7) is 1.77. The van der Waals surface area contributed by atoms with Gasteiger partial charge >= 0.3 is 0 Å². The molecule has 0 spiro atoms. The molecule has 0 atom stereocenters. The topological polar surface area (TPSA) is 47.6 Å². The van der Waals surface area contributed by atoms with Crippen molar-refractivity contribution in [3.8, 4) is 11.5 Å². The molecule has 0 aliphatic heterocycles. The number of hydrogen-bond acceptors (Lipinski definition) is 3. The Morgan fingerprint density at radius 2 is 1.70 bits per heavy atom. The van der Waals surface area contributed by atoms with Gasteiger partial charge in [-0.05, 0) is 55.0 Å². The van der Waals surface area contributed by atoms with Gasteiger partial charge in [-0.15, -0.1) is 0 Å². The van der Waals surface area contributed by atoms with Gasteiger partial charge in [0.25, 0.3) is 5.91 Å². The molecule has 2 aromatic carbocycles. The van der Waals surface area contributed by atoms with E-state index in [0.717, 1.165) is 15.7 Å². The van der Waals surface area contributed by atoms with Crippen LogP contribution in [0.25, 0.3) is 6.08 Å². The van der Waals surface area contributed by atoms with Crippen molar-refractivity contribution < 1.29 is 14.3 Å². The number of rotatable bonds is 5. The minimum absolute atomic E-state index is 0.151. The number of ether oxygens (including phenoxy) is 2. The van der Waals surface area contributed by atoms with Gasteiger partial charge < -0.3 is 14.8 Å². The van der Waals surface area contributed by atoms with Crippen LogP contribution in [0.2, 0.25) is 0 Å². The van der Waals surface area contributed by atoms with Crippen molar-refractivity contribution >= 4 is 33.6 Å². The van der Waals surface area contributed by atoms with Gasteiger partial charge in [-0.1, -0.05) is 22.0 Å². The van der Waals surface area contributed by atoms with Gasteiger partial charge in [-0.3, -0.25) is 4.79 Å². The summed E-state index contributed by atoms with van der Waals surface area (Å²) in [6.07, 6.45) is 1.80.